The highest BCUT2D eigenvalue weighted by Crippen LogP contribution is 2.37. The third kappa shape index (κ3) is 2.78. The minimum absolute atomic E-state index is 0.0910. The van der Waals surface area contributed by atoms with Gasteiger partial charge in [0, 0.05) is 13.2 Å². The zero-order valence-electron chi connectivity index (χ0n) is 10.2. The first-order chi connectivity index (χ1) is 8.27. The van der Waals surface area contributed by atoms with Crippen LogP contribution < -0.4 is 5.32 Å². The molecular weight excluding hydrogens is 216 g/mol. The zero-order chi connectivity index (χ0) is 12.1. The van der Waals surface area contributed by atoms with Crippen molar-refractivity contribution in [1.29, 1.82) is 5.26 Å². The van der Waals surface area contributed by atoms with Gasteiger partial charge in [-0.25, -0.2) is 0 Å². The van der Waals surface area contributed by atoms with E-state index >= 15 is 0 Å². The first-order valence-electron chi connectivity index (χ1n) is 6.58. The molecule has 2 rings (SSSR count). The fourth-order valence-corrected chi connectivity index (χ4v) is 2.71. The monoisotopic (exact) mass is 236 g/mol. The van der Waals surface area contributed by atoms with Crippen molar-refractivity contribution in [3.05, 3.63) is 0 Å². The lowest BCUT2D eigenvalue weighted by Crippen LogP contribution is -2.43. The third-order valence-electron chi connectivity index (χ3n) is 3.87. The molecule has 94 valence electrons. The van der Waals surface area contributed by atoms with Gasteiger partial charge < -0.3 is 10.1 Å². The Labute approximate surface area is 102 Å². The summed E-state index contributed by atoms with van der Waals surface area (Å²) in [7, 11) is 0. The Morgan fingerprint density at radius 2 is 2.12 bits per heavy atom. The fourth-order valence-electron chi connectivity index (χ4n) is 2.71. The van der Waals surface area contributed by atoms with Crippen molar-refractivity contribution in [1.82, 2.24) is 5.32 Å². The average molecular weight is 236 g/mol. The summed E-state index contributed by atoms with van der Waals surface area (Å²) in [5, 5.41) is 12.1. The summed E-state index contributed by atoms with van der Waals surface area (Å²) < 4.78 is 5.56. The number of ether oxygens (including phenoxy) is 1. The summed E-state index contributed by atoms with van der Waals surface area (Å²) in [6.45, 7) is 1.35. The molecule has 2 aliphatic rings. The summed E-state index contributed by atoms with van der Waals surface area (Å²) in [6.07, 6.45) is 6.84. The molecule has 1 unspecified atom stereocenters. The second-order valence-electron chi connectivity index (χ2n) is 5.10. The minimum Gasteiger partial charge on any atom is -0.376 e. The average Bonchev–Trinajstić information content (AvgIpc) is 2.87. The van der Waals surface area contributed by atoms with Gasteiger partial charge in [0.15, 0.2) is 0 Å². The predicted molar refractivity (Wildman–Crippen MR) is 63.1 cm³/mol. The highest BCUT2D eigenvalue weighted by molar-refractivity contribution is 5.85. The molecule has 0 aromatic carbocycles. The summed E-state index contributed by atoms with van der Waals surface area (Å²) >= 11 is 0. The maximum absolute atomic E-state index is 12.1. The second kappa shape index (κ2) is 5.50. The smallest absolute Gasteiger partial charge is 0.240 e. The molecule has 2 fully saturated rings. The van der Waals surface area contributed by atoms with Crippen LogP contribution in [0.1, 0.15) is 44.9 Å². The van der Waals surface area contributed by atoms with Crippen molar-refractivity contribution in [3.63, 3.8) is 0 Å². The number of hydrogen-bond acceptors (Lipinski definition) is 3. The Bertz CT molecular complexity index is 310. The van der Waals surface area contributed by atoms with Gasteiger partial charge in [0.1, 0.15) is 5.41 Å². The first kappa shape index (κ1) is 12.4. The van der Waals surface area contributed by atoms with Crippen LogP contribution in [0, 0.1) is 16.7 Å². The van der Waals surface area contributed by atoms with Crippen molar-refractivity contribution in [2.45, 2.75) is 51.0 Å². The van der Waals surface area contributed by atoms with E-state index in [4.69, 9.17) is 4.74 Å². The highest BCUT2D eigenvalue weighted by Gasteiger charge is 2.41. The van der Waals surface area contributed by atoms with E-state index in [1.54, 1.807) is 0 Å². The number of carbonyl (C=O) groups is 1. The molecule has 1 aliphatic carbocycles. The highest BCUT2D eigenvalue weighted by atomic mass is 16.5. The van der Waals surface area contributed by atoms with Crippen LogP contribution in [-0.2, 0) is 9.53 Å². The van der Waals surface area contributed by atoms with E-state index in [-0.39, 0.29) is 12.0 Å². The van der Waals surface area contributed by atoms with Gasteiger partial charge in [-0.05, 0) is 32.1 Å². The number of rotatable bonds is 3. The molecule has 0 spiro atoms. The molecule has 0 bridgehead atoms. The third-order valence-corrected chi connectivity index (χ3v) is 3.87. The summed E-state index contributed by atoms with van der Waals surface area (Å²) in [5.74, 6) is -0.0910. The number of nitrogens with zero attached hydrogens (tertiary/aromatic N) is 1. The first-order valence-corrected chi connectivity index (χ1v) is 6.58. The van der Waals surface area contributed by atoms with Gasteiger partial charge in [-0.2, -0.15) is 5.26 Å². The van der Waals surface area contributed by atoms with Crippen LogP contribution in [0.5, 0.6) is 0 Å². The van der Waals surface area contributed by atoms with Crippen LogP contribution in [0.3, 0.4) is 0 Å². The lowest BCUT2D eigenvalue weighted by molar-refractivity contribution is -0.128. The largest absolute Gasteiger partial charge is 0.376 e. The fraction of sp³-hybridized carbons (Fsp3) is 0.846. The molecule has 1 heterocycles. The molecule has 1 saturated carbocycles. The van der Waals surface area contributed by atoms with E-state index < -0.39 is 5.41 Å². The lowest BCUT2D eigenvalue weighted by Gasteiger charge is -2.25. The van der Waals surface area contributed by atoms with Gasteiger partial charge in [0.05, 0.1) is 12.2 Å². The lowest BCUT2D eigenvalue weighted by atomic mass is 9.87. The van der Waals surface area contributed by atoms with E-state index in [1.165, 1.54) is 6.42 Å². The Balaban J connectivity index is 1.82. The van der Waals surface area contributed by atoms with E-state index in [0.29, 0.717) is 19.4 Å². The van der Waals surface area contributed by atoms with Crippen molar-refractivity contribution >= 4 is 5.91 Å². The van der Waals surface area contributed by atoms with Crippen LogP contribution in [0.2, 0.25) is 0 Å². The van der Waals surface area contributed by atoms with Gasteiger partial charge in [0.2, 0.25) is 5.91 Å². The number of carbonyl (C=O) groups excluding carboxylic acids is 1. The SMILES string of the molecule is N#CC1(C(=O)NCC2CCCCO2)CCCC1. The van der Waals surface area contributed by atoms with Crippen LogP contribution in [-0.4, -0.2) is 25.2 Å². The zero-order valence-corrected chi connectivity index (χ0v) is 10.2. The van der Waals surface area contributed by atoms with Gasteiger partial charge in [-0.1, -0.05) is 12.8 Å². The van der Waals surface area contributed by atoms with E-state index in [1.807, 2.05) is 0 Å². The molecule has 1 amide bonds. The molecule has 0 aromatic heterocycles. The maximum Gasteiger partial charge on any atom is 0.240 e. The molecule has 1 atom stereocenters. The van der Waals surface area contributed by atoms with Crippen molar-refractivity contribution < 1.29 is 9.53 Å². The Kier molecular flexibility index (Phi) is 4.01. The molecule has 0 radical (unpaired) electrons. The predicted octanol–water partition coefficient (Wildman–Crippen LogP) is 1.76. The van der Waals surface area contributed by atoms with Crippen LogP contribution in [0.4, 0.5) is 0 Å². The normalized spacial score (nSPS) is 27.4. The van der Waals surface area contributed by atoms with E-state index in [9.17, 15) is 10.1 Å². The number of nitrogens with one attached hydrogen (secondary N) is 1. The Morgan fingerprint density at radius 1 is 1.35 bits per heavy atom. The second-order valence-corrected chi connectivity index (χ2v) is 5.10. The molecule has 1 aliphatic heterocycles. The van der Waals surface area contributed by atoms with E-state index in [2.05, 4.69) is 11.4 Å². The standard InChI is InChI=1S/C13H20N2O2/c14-10-13(6-2-3-7-13)12(16)15-9-11-5-1-4-8-17-11/h11H,1-9H2,(H,15,16). The quantitative estimate of drug-likeness (QED) is 0.812. The molecule has 4 heteroatoms. The van der Waals surface area contributed by atoms with Gasteiger partial charge in [-0.15, -0.1) is 0 Å². The summed E-state index contributed by atoms with van der Waals surface area (Å²) in [6, 6.07) is 2.21. The maximum atomic E-state index is 12.1. The summed E-state index contributed by atoms with van der Waals surface area (Å²) in [5.41, 5.74) is -0.755. The number of nitriles is 1. The number of hydrogen-bond donors (Lipinski definition) is 1. The van der Waals surface area contributed by atoms with Gasteiger partial charge >= 0.3 is 0 Å². The van der Waals surface area contributed by atoms with Crippen molar-refractivity contribution in [2.75, 3.05) is 13.2 Å². The van der Waals surface area contributed by atoms with Crippen LogP contribution in [0.25, 0.3) is 0 Å². The molecule has 4 nitrogen and oxygen atoms in total. The molecule has 17 heavy (non-hydrogen) atoms. The van der Waals surface area contributed by atoms with Crippen molar-refractivity contribution in [3.8, 4) is 6.07 Å². The number of amides is 1. The topological polar surface area (TPSA) is 62.1 Å². The van der Waals surface area contributed by atoms with E-state index in [0.717, 1.165) is 32.3 Å². The summed E-state index contributed by atoms with van der Waals surface area (Å²) in [4.78, 5) is 12.1. The Hall–Kier alpha value is -1.08. The Morgan fingerprint density at radius 3 is 2.71 bits per heavy atom. The van der Waals surface area contributed by atoms with Crippen LogP contribution in [0.15, 0.2) is 0 Å². The van der Waals surface area contributed by atoms with Crippen molar-refractivity contribution in [2.24, 2.45) is 5.41 Å². The van der Waals surface area contributed by atoms with Gasteiger partial charge in [0.25, 0.3) is 0 Å². The molecule has 0 aromatic rings. The molecule has 1 saturated heterocycles. The van der Waals surface area contributed by atoms with Gasteiger partial charge in [-0.3, -0.25) is 4.79 Å². The minimum atomic E-state index is -0.755. The molecule has 1 N–H and O–H groups in total. The molecular formula is C13H20N2O2. The van der Waals surface area contributed by atoms with Crippen LogP contribution >= 0.6 is 0 Å².